The van der Waals surface area contributed by atoms with Crippen LogP contribution >= 0.6 is 0 Å². The fourth-order valence-electron chi connectivity index (χ4n) is 2.89. The molecule has 0 amide bonds. The number of pyridine rings is 1. The second-order valence-corrected chi connectivity index (χ2v) is 5.83. The van der Waals surface area contributed by atoms with Crippen molar-refractivity contribution >= 4 is 5.97 Å². The molecule has 132 valence electrons. The van der Waals surface area contributed by atoms with Gasteiger partial charge < -0.3 is 9.47 Å². The van der Waals surface area contributed by atoms with Crippen LogP contribution < -0.4 is 4.74 Å². The van der Waals surface area contributed by atoms with Crippen molar-refractivity contribution in [2.75, 3.05) is 13.7 Å². The molecule has 0 saturated carbocycles. The van der Waals surface area contributed by atoms with Crippen LogP contribution in [0, 0.1) is 6.92 Å². The lowest BCUT2D eigenvalue weighted by atomic mass is 9.96. The number of aromatic nitrogens is 1. The molecule has 4 nitrogen and oxygen atoms in total. The molecular formula is C22H21NO3. The average molecular weight is 347 g/mol. The van der Waals surface area contributed by atoms with Crippen molar-refractivity contribution in [2.24, 2.45) is 0 Å². The number of methoxy groups -OCH3 is 1. The van der Waals surface area contributed by atoms with Crippen LogP contribution in [0.25, 0.3) is 22.4 Å². The Labute approximate surface area is 153 Å². The molecule has 4 heteroatoms. The maximum absolute atomic E-state index is 12.5. The molecule has 0 radical (unpaired) electrons. The average Bonchev–Trinajstić information content (AvgIpc) is 2.68. The number of hydrogen-bond acceptors (Lipinski definition) is 4. The number of carbonyl (C=O) groups excluding carboxylic acids is 1. The molecule has 2 aromatic carbocycles. The summed E-state index contributed by atoms with van der Waals surface area (Å²) in [6.07, 6.45) is 0. The molecule has 0 bridgehead atoms. The summed E-state index contributed by atoms with van der Waals surface area (Å²) in [7, 11) is 1.63. The third-order valence-electron chi connectivity index (χ3n) is 4.15. The van der Waals surface area contributed by atoms with Crippen LogP contribution in [0.5, 0.6) is 5.75 Å². The van der Waals surface area contributed by atoms with E-state index < -0.39 is 0 Å². The van der Waals surface area contributed by atoms with Crippen LogP contribution in [0.1, 0.15) is 23.0 Å². The SMILES string of the molecule is CCOC(=O)c1c(-c2ccc(OC)cc2)cc(-c2ccccc2)nc1C. The summed E-state index contributed by atoms with van der Waals surface area (Å²) in [4.78, 5) is 17.2. The topological polar surface area (TPSA) is 48.4 Å². The van der Waals surface area contributed by atoms with Gasteiger partial charge in [0.05, 0.1) is 30.7 Å². The van der Waals surface area contributed by atoms with Gasteiger partial charge in [-0.2, -0.15) is 0 Å². The molecule has 3 aromatic rings. The Kier molecular flexibility index (Phi) is 5.32. The lowest BCUT2D eigenvalue weighted by Crippen LogP contribution is -2.10. The van der Waals surface area contributed by atoms with Gasteiger partial charge in [-0.3, -0.25) is 4.98 Å². The second kappa shape index (κ2) is 7.83. The van der Waals surface area contributed by atoms with E-state index in [-0.39, 0.29) is 5.97 Å². The molecule has 0 aliphatic carbocycles. The number of rotatable bonds is 5. The minimum atomic E-state index is -0.358. The predicted octanol–water partition coefficient (Wildman–Crippen LogP) is 4.91. The highest BCUT2D eigenvalue weighted by Crippen LogP contribution is 2.31. The van der Waals surface area contributed by atoms with E-state index in [1.54, 1.807) is 14.0 Å². The number of hydrogen-bond donors (Lipinski definition) is 0. The molecule has 0 atom stereocenters. The first kappa shape index (κ1) is 17.7. The number of benzene rings is 2. The zero-order chi connectivity index (χ0) is 18.5. The zero-order valence-electron chi connectivity index (χ0n) is 15.2. The third kappa shape index (κ3) is 3.59. The molecule has 0 fully saturated rings. The van der Waals surface area contributed by atoms with Crippen molar-refractivity contribution in [3.63, 3.8) is 0 Å². The fourth-order valence-corrected chi connectivity index (χ4v) is 2.89. The van der Waals surface area contributed by atoms with E-state index >= 15 is 0 Å². The van der Waals surface area contributed by atoms with Gasteiger partial charge in [-0.05, 0) is 37.6 Å². The highest BCUT2D eigenvalue weighted by atomic mass is 16.5. The van der Waals surface area contributed by atoms with Gasteiger partial charge in [-0.25, -0.2) is 4.79 Å². The summed E-state index contributed by atoms with van der Waals surface area (Å²) in [5.74, 6) is 0.406. The van der Waals surface area contributed by atoms with Gasteiger partial charge in [0.25, 0.3) is 0 Å². The van der Waals surface area contributed by atoms with E-state index in [9.17, 15) is 4.79 Å². The standard InChI is InChI=1S/C22H21NO3/c1-4-26-22(24)21-15(2)23-20(17-8-6-5-7-9-17)14-19(21)16-10-12-18(25-3)13-11-16/h5-14H,4H2,1-3H3. The maximum Gasteiger partial charge on any atom is 0.340 e. The summed E-state index contributed by atoms with van der Waals surface area (Å²) < 4.78 is 10.5. The van der Waals surface area contributed by atoms with Gasteiger partial charge in [0.1, 0.15) is 5.75 Å². The summed E-state index contributed by atoms with van der Waals surface area (Å²) in [5, 5.41) is 0. The van der Waals surface area contributed by atoms with Crippen LogP contribution in [-0.2, 0) is 4.74 Å². The Hall–Kier alpha value is -3.14. The highest BCUT2D eigenvalue weighted by Gasteiger charge is 2.20. The molecule has 3 rings (SSSR count). The minimum absolute atomic E-state index is 0.320. The first-order chi connectivity index (χ1) is 12.6. The largest absolute Gasteiger partial charge is 0.497 e. The quantitative estimate of drug-likeness (QED) is 0.615. The molecule has 0 N–H and O–H groups in total. The number of nitrogens with zero attached hydrogens (tertiary/aromatic N) is 1. The lowest BCUT2D eigenvalue weighted by molar-refractivity contribution is 0.0526. The van der Waals surface area contributed by atoms with Crippen LogP contribution in [0.2, 0.25) is 0 Å². The normalized spacial score (nSPS) is 10.4. The van der Waals surface area contributed by atoms with Crippen molar-refractivity contribution in [3.8, 4) is 28.1 Å². The predicted molar refractivity (Wildman–Crippen MR) is 102 cm³/mol. The van der Waals surface area contributed by atoms with E-state index in [4.69, 9.17) is 9.47 Å². The Balaban J connectivity index is 2.19. The van der Waals surface area contributed by atoms with Crippen LogP contribution in [0.3, 0.4) is 0 Å². The molecule has 0 spiro atoms. The molecule has 0 aliphatic heterocycles. The van der Waals surface area contributed by atoms with Gasteiger partial charge in [-0.15, -0.1) is 0 Å². The van der Waals surface area contributed by atoms with E-state index in [0.29, 0.717) is 17.9 Å². The van der Waals surface area contributed by atoms with Crippen LogP contribution in [-0.4, -0.2) is 24.7 Å². The second-order valence-electron chi connectivity index (χ2n) is 5.83. The fraction of sp³-hybridized carbons (Fsp3) is 0.182. The lowest BCUT2D eigenvalue weighted by Gasteiger charge is -2.14. The van der Waals surface area contributed by atoms with E-state index in [1.165, 1.54) is 0 Å². The monoisotopic (exact) mass is 347 g/mol. The first-order valence-electron chi connectivity index (χ1n) is 8.52. The Morgan fingerprint density at radius 1 is 1.00 bits per heavy atom. The van der Waals surface area contributed by atoms with E-state index in [1.807, 2.05) is 67.6 Å². The first-order valence-corrected chi connectivity index (χ1v) is 8.52. The molecule has 0 unspecified atom stereocenters. The number of esters is 1. The summed E-state index contributed by atoms with van der Waals surface area (Å²) in [6.45, 7) is 3.96. The molecule has 1 aromatic heterocycles. The van der Waals surface area contributed by atoms with Gasteiger partial charge >= 0.3 is 5.97 Å². The molecule has 26 heavy (non-hydrogen) atoms. The Bertz CT molecular complexity index is 903. The smallest absolute Gasteiger partial charge is 0.340 e. The zero-order valence-corrected chi connectivity index (χ0v) is 15.2. The molecular weight excluding hydrogens is 326 g/mol. The van der Waals surface area contributed by atoms with Crippen molar-refractivity contribution in [1.82, 2.24) is 4.98 Å². The Morgan fingerprint density at radius 3 is 2.31 bits per heavy atom. The minimum Gasteiger partial charge on any atom is -0.497 e. The van der Waals surface area contributed by atoms with Crippen LogP contribution in [0.15, 0.2) is 60.7 Å². The molecule has 0 saturated heterocycles. The summed E-state index contributed by atoms with van der Waals surface area (Å²) in [6, 6.07) is 19.5. The number of carbonyl (C=O) groups is 1. The Morgan fingerprint density at radius 2 is 1.69 bits per heavy atom. The third-order valence-corrected chi connectivity index (χ3v) is 4.15. The highest BCUT2D eigenvalue weighted by molar-refractivity contribution is 5.99. The van der Waals surface area contributed by atoms with Crippen LogP contribution in [0.4, 0.5) is 0 Å². The molecule has 1 heterocycles. The van der Waals surface area contributed by atoms with Gasteiger partial charge in [0.15, 0.2) is 0 Å². The van der Waals surface area contributed by atoms with Gasteiger partial charge in [0.2, 0.25) is 0 Å². The van der Waals surface area contributed by atoms with Crippen molar-refractivity contribution in [2.45, 2.75) is 13.8 Å². The van der Waals surface area contributed by atoms with Crippen molar-refractivity contribution in [3.05, 3.63) is 71.9 Å². The van der Waals surface area contributed by atoms with Gasteiger partial charge in [-0.1, -0.05) is 42.5 Å². The van der Waals surface area contributed by atoms with Gasteiger partial charge in [0, 0.05) is 11.1 Å². The maximum atomic E-state index is 12.5. The molecule has 0 aliphatic rings. The van der Waals surface area contributed by atoms with Crippen molar-refractivity contribution < 1.29 is 14.3 Å². The number of aryl methyl sites for hydroxylation is 1. The van der Waals surface area contributed by atoms with Crippen molar-refractivity contribution in [1.29, 1.82) is 0 Å². The number of ether oxygens (including phenoxy) is 2. The van der Waals surface area contributed by atoms with E-state index in [2.05, 4.69) is 4.98 Å². The summed E-state index contributed by atoms with van der Waals surface area (Å²) in [5.41, 5.74) is 4.68. The van der Waals surface area contributed by atoms with E-state index in [0.717, 1.165) is 28.1 Å². The summed E-state index contributed by atoms with van der Waals surface area (Å²) >= 11 is 0.